The number of hydrogen-bond donors (Lipinski definition) is 1. The molecule has 0 aliphatic heterocycles. The van der Waals surface area contributed by atoms with E-state index in [1.54, 1.807) is 29.8 Å². The van der Waals surface area contributed by atoms with Gasteiger partial charge in [-0.15, -0.1) is 0 Å². The van der Waals surface area contributed by atoms with E-state index in [0.717, 1.165) is 15.2 Å². The molecule has 3 rings (SSSR count). The summed E-state index contributed by atoms with van der Waals surface area (Å²) in [6, 6.07) is 11.2. The van der Waals surface area contributed by atoms with Crippen LogP contribution in [-0.4, -0.2) is 18.0 Å². The molecule has 2 aromatic carbocycles. The van der Waals surface area contributed by atoms with Crippen LogP contribution in [0.4, 0.5) is 5.69 Å². The summed E-state index contributed by atoms with van der Waals surface area (Å²) in [7, 11) is -3.70. The van der Waals surface area contributed by atoms with Gasteiger partial charge in [0.2, 0.25) is 0 Å². The molecule has 7 heteroatoms. The van der Waals surface area contributed by atoms with Gasteiger partial charge in [-0.05, 0) is 42.8 Å². The van der Waals surface area contributed by atoms with E-state index in [9.17, 15) is 8.42 Å². The first-order valence-electron chi connectivity index (χ1n) is 7.15. The van der Waals surface area contributed by atoms with Gasteiger partial charge < -0.3 is 4.57 Å². The molecule has 0 unspecified atom stereocenters. The molecule has 1 N–H and O–H groups in total. The van der Waals surface area contributed by atoms with Crippen LogP contribution in [0.2, 0.25) is 0 Å². The van der Waals surface area contributed by atoms with Crippen molar-refractivity contribution in [2.45, 2.75) is 25.4 Å². The monoisotopic (exact) mass is 393 g/mol. The van der Waals surface area contributed by atoms with Crippen molar-refractivity contribution in [1.29, 1.82) is 0 Å². The van der Waals surface area contributed by atoms with Gasteiger partial charge in [-0.1, -0.05) is 34.1 Å². The topological polar surface area (TPSA) is 64.0 Å². The van der Waals surface area contributed by atoms with Crippen LogP contribution in [0.5, 0.6) is 0 Å². The molecule has 0 bridgehead atoms. The fourth-order valence-corrected chi connectivity index (χ4v) is 4.02. The lowest BCUT2D eigenvalue weighted by molar-refractivity contribution is 0.598. The van der Waals surface area contributed by atoms with Crippen LogP contribution in [-0.2, 0) is 16.6 Å². The maximum absolute atomic E-state index is 12.5. The van der Waals surface area contributed by atoms with E-state index in [4.69, 9.17) is 0 Å². The Bertz CT molecular complexity index is 980. The number of sulfonamides is 1. The normalized spacial score (nSPS) is 11.8. The molecule has 1 aromatic heterocycles. The maximum atomic E-state index is 12.5. The fourth-order valence-electron chi connectivity index (χ4n) is 2.44. The van der Waals surface area contributed by atoms with E-state index in [-0.39, 0.29) is 5.03 Å². The Kier molecular flexibility index (Phi) is 4.16. The Hall–Kier alpha value is -1.86. The van der Waals surface area contributed by atoms with Crippen molar-refractivity contribution < 1.29 is 8.42 Å². The molecule has 0 saturated heterocycles. The first-order chi connectivity index (χ1) is 10.9. The molecule has 5 nitrogen and oxygen atoms in total. The third-order valence-electron chi connectivity index (χ3n) is 3.65. The van der Waals surface area contributed by atoms with Gasteiger partial charge in [0.15, 0.2) is 5.03 Å². The van der Waals surface area contributed by atoms with Crippen LogP contribution in [0.25, 0.3) is 10.8 Å². The summed E-state index contributed by atoms with van der Waals surface area (Å²) < 4.78 is 30.3. The predicted octanol–water partition coefficient (Wildman–Crippen LogP) is 3.93. The van der Waals surface area contributed by atoms with Crippen LogP contribution in [0.3, 0.4) is 0 Å². The van der Waals surface area contributed by atoms with Crippen LogP contribution < -0.4 is 4.72 Å². The Labute approximate surface area is 143 Å². The summed E-state index contributed by atoms with van der Waals surface area (Å²) in [5.41, 5.74) is 0.513. The molecule has 0 aliphatic carbocycles. The second-order valence-corrected chi connectivity index (χ2v) is 7.68. The van der Waals surface area contributed by atoms with E-state index >= 15 is 0 Å². The molecule has 0 amide bonds. The van der Waals surface area contributed by atoms with Crippen molar-refractivity contribution in [3.63, 3.8) is 0 Å². The maximum Gasteiger partial charge on any atom is 0.280 e. The molecule has 1 heterocycles. The highest BCUT2D eigenvalue weighted by Gasteiger charge is 2.19. The number of aryl methyl sites for hydroxylation is 2. The molecule has 0 aliphatic rings. The minimum atomic E-state index is -3.70. The predicted molar refractivity (Wildman–Crippen MR) is 95.1 cm³/mol. The number of rotatable bonds is 4. The van der Waals surface area contributed by atoms with Crippen molar-refractivity contribution in [1.82, 2.24) is 9.55 Å². The zero-order chi connectivity index (χ0) is 16.6. The summed E-state index contributed by atoms with van der Waals surface area (Å²) in [4.78, 5) is 4.13. The zero-order valence-corrected chi connectivity index (χ0v) is 15.1. The first kappa shape index (κ1) is 16.0. The van der Waals surface area contributed by atoms with Gasteiger partial charge in [-0.2, -0.15) is 8.42 Å². The number of imidazole rings is 1. The third-order valence-corrected chi connectivity index (χ3v) is 5.59. The summed E-state index contributed by atoms with van der Waals surface area (Å²) >= 11 is 3.49. The van der Waals surface area contributed by atoms with Crippen molar-refractivity contribution in [3.05, 3.63) is 52.9 Å². The van der Waals surface area contributed by atoms with Gasteiger partial charge >= 0.3 is 0 Å². The zero-order valence-electron chi connectivity index (χ0n) is 12.7. The molecular formula is C16H16BrN3O2S. The summed E-state index contributed by atoms with van der Waals surface area (Å²) in [6.45, 7) is 4.41. The smallest absolute Gasteiger partial charge is 0.280 e. The Morgan fingerprint density at radius 1 is 1.26 bits per heavy atom. The Morgan fingerprint density at radius 2 is 2.04 bits per heavy atom. The van der Waals surface area contributed by atoms with E-state index in [1.165, 1.54) is 0 Å². The minimum Gasteiger partial charge on any atom is -0.334 e. The van der Waals surface area contributed by atoms with Crippen LogP contribution in [0, 0.1) is 6.92 Å². The molecule has 0 fully saturated rings. The molecule has 3 aromatic rings. The lowest BCUT2D eigenvalue weighted by Gasteiger charge is -2.08. The largest absolute Gasteiger partial charge is 0.334 e. The van der Waals surface area contributed by atoms with Gasteiger partial charge in [0.1, 0.15) is 5.82 Å². The van der Waals surface area contributed by atoms with Crippen LogP contribution in [0.15, 0.2) is 52.1 Å². The number of benzene rings is 2. The van der Waals surface area contributed by atoms with Gasteiger partial charge in [0.05, 0.1) is 0 Å². The molecule has 120 valence electrons. The van der Waals surface area contributed by atoms with Gasteiger partial charge in [0.25, 0.3) is 10.0 Å². The van der Waals surface area contributed by atoms with Crippen molar-refractivity contribution in [2.75, 3.05) is 4.72 Å². The Balaban J connectivity index is 1.96. The lowest BCUT2D eigenvalue weighted by Crippen LogP contribution is -2.13. The number of anilines is 1. The number of nitrogens with one attached hydrogen (secondary N) is 1. The molecule has 23 heavy (non-hydrogen) atoms. The number of fused-ring (bicyclic) bond motifs is 1. The SMILES string of the molecule is CCn1cc(S(=O)(=O)Nc2ccc3c(Br)cccc3c2)nc1C. The fraction of sp³-hybridized carbons (Fsp3) is 0.188. The first-order valence-corrected chi connectivity index (χ1v) is 9.43. The van der Waals surface area contributed by atoms with Gasteiger partial charge in [-0.3, -0.25) is 4.72 Å². The van der Waals surface area contributed by atoms with E-state index in [0.29, 0.717) is 18.1 Å². The Morgan fingerprint density at radius 3 is 2.74 bits per heavy atom. The standard InChI is InChI=1S/C16H16BrN3O2S/c1-3-20-10-16(18-11(20)2)23(21,22)19-13-7-8-14-12(9-13)5-4-6-15(14)17/h4-10,19H,3H2,1-2H3. The van der Waals surface area contributed by atoms with Gasteiger partial charge in [0, 0.05) is 22.9 Å². The van der Waals surface area contributed by atoms with Crippen molar-refractivity contribution in [3.8, 4) is 0 Å². The lowest BCUT2D eigenvalue weighted by atomic mass is 10.1. The molecular weight excluding hydrogens is 378 g/mol. The minimum absolute atomic E-state index is 0.0335. The van der Waals surface area contributed by atoms with Crippen molar-refractivity contribution >= 4 is 42.4 Å². The third kappa shape index (κ3) is 3.11. The highest BCUT2D eigenvalue weighted by atomic mass is 79.9. The molecule has 0 saturated carbocycles. The second-order valence-electron chi connectivity index (χ2n) is 5.19. The summed E-state index contributed by atoms with van der Waals surface area (Å²) in [5, 5.41) is 2.02. The van der Waals surface area contributed by atoms with E-state index < -0.39 is 10.0 Å². The molecule has 0 atom stereocenters. The highest BCUT2D eigenvalue weighted by Crippen LogP contribution is 2.27. The highest BCUT2D eigenvalue weighted by molar-refractivity contribution is 9.10. The average molecular weight is 394 g/mol. The van der Waals surface area contributed by atoms with Crippen LogP contribution >= 0.6 is 15.9 Å². The number of hydrogen-bond acceptors (Lipinski definition) is 3. The number of aromatic nitrogens is 2. The average Bonchev–Trinajstić information content (AvgIpc) is 2.89. The van der Waals surface area contributed by atoms with Gasteiger partial charge in [-0.25, -0.2) is 4.98 Å². The van der Waals surface area contributed by atoms with Crippen LogP contribution in [0.1, 0.15) is 12.7 Å². The number of nitrogens with zero attached hydrogens (tertiary/aromatic N) is 2. The van der Waals surface area contributed by atoms with E-state index in [2.05, 4.69) is 25.6 Å². The summed E-state index contributed by atoms with van der Waals surface area (Å²) in [5.74, 6) is 0.676. The number of halogens is 1. The molecule has 0 radical (unpaired) electrons. The second kappa shape index (κ2) is 5.98. The molecule has 0 spiro atoms. The van der Waals surface area contributed by atoms with E-state index in [1.807, 2.05) is 31.2 Å². The quantitative estimate of drug-likeness (QED) is 0.730. The van der Waals surface area contributed by atoms with Crippen molar-refractivity contribution in [2.24, 2.45) is 0 Å². The summed E-state index contributed by atoms with van der Waals surface area (Å²) in [6.07, 6.45) is 1.55.